The van der Waals surface area contributed by atoms with Crippen LogP contribution in [0.1, 0.15) is 21.7 Å². The number of nitrogens with one attached hydrogen (secondary N) is 2. The Morgan fingerprint density at radius 2 is 1.90 bits per heavy atom. The first-order valence-corrected chi connectivity index (χ1v) is 7.24. The van der Waals surface area contributed by atoms with E-state index in [0.717, 1.165) is 16.0 Å². The highest BCUT2D eigenvalue weighted by Crippen LogP contribution is 2.13. The maximum absolute atomic E-state index is 11.8. The van der Waals surface area contributed by atoms with Crippen molar-refractivity contribution in [2.24, 2.45) is 0 Å². The molecule has 0 saturated heterocycles. The number of amides is 1. The summed E-state index contributed by atoms with van der Waals surface area (Å²) in [5, 5.41) is 6.07. The molecule has 0 spiro atoms. The Bertz CT molecular complexity index is 564. The Balaban J connectivity index is 1.65. The zero-order chi connectivity index (χ0) is 14.4. The summed E-state index contributed by atoms with van der Waals surface area (Å²) < 4.78 is 6.08. The fraction of sp³-hybridized carbons (Fsp3) is 0.267. The molecular weight excluding hydrogens is 320 g/mol. The number of benzene rings is 1. The Morgan fingerprint density at radius 1 is 1.15 bits per heavy atom. The number of hydrogen-bond donors (Lipinski definition) is 2. The second kappa shape index (κ2) is 7.26. The van der Waals surface area contributed by atoms with E-state index in [9.17, 15) is 4.79 Å². The molecule has 2 rings (SSSR count). The van der Waals surface area contributed by atoms with Crippen LogP contribution in [-0.2, 0) is 6.54 Å². The first-order chi connectivity index (χ1) is 9.65. The number of rotatable bonds is 6. The van der Waals surface area contributed by atoms with Gasteiger partial charge < -0.3 is 15.1 Å². The van der Waals surface area contributed by atoms with Crippen LogP contribution in [0.15, 0.2) is 45.5 Å². The Morgan fingerprint density at radius 3 is 2.55 bits per heavy atom. The van der Waals surface area contributed by atoms with Gasteiger partial charge in [0.05, 0.1) is 6.54 Å². The van der Waals surface area contributed by atoms with Crippen molar-refractivity contribution in [3.8, 4) is 0 Å². The Kier molecular flexibility index (Phi) is 5.38. The third-order valence-corrected chi connectivity index (χ3v) is 3.26. The number of carbonyl (C=O) groups is 1. The van der Waals surface area contributed by atoms with Gasteiger partial charge in [0, 0.05) is 18.7 Å². The fourth-order valence-electron chi connectivity index (χ4n) is 1.73. The van der Waals surface area contributed by atoms with Crippen LogP contribution >= 0.6 is 15.9 Å². The highest BCUT2D eigenvalue weighted by molar-refractivity contribution is 9.10. The summed E-state index contributed by atoms with van der Waals surface area (Å²) in [6.07, 6.45) is 0. The van der Waals surface area contributed by atoms with E-state index in [1.165, 1.54) is 0 Å². The smallest absolute Gasteiger partial charge is 0.251 e. The van der Waals surface area contributed by atoms with Gasteiger partial charge in [-0.05, 0) is 47.1 Å². The summed E-state index contributed by atoms with van der Waals surface area (Å²) in [4.78, 5) is 11.8. The first-order valence-electron chi connectivity index (χ1n) is 6.45. The van der Waals surface area contributed by atoms with Crippen LogP contribution in [0.2, 0.25) is 0 Å². The largest absolute Gasteiger partial charge is 0.453 e. The molecule has 2 N–H and O–H groups in total. The number of carbonyl (C=O) groups excluding carboxylic acids is 1. The van der Waals surface area contributed by atoms with Gasteiger partial charge in [-0.15, -0.1) is 0 Å². The summed E-state index contributed by atoms with van der Waals surface area (Å²) in [7, 11) is 0. The average molecular weight is 337 g/mol. The zero-order valence-electron chi connectivity index (χ0n) is 11.3. The van der Waals surface area contributed by atoms with Crippen molar-refractivity contribution in [1.29, 1.82) is 0 Å². The lowest BCUT2D eigenvalue weighted by Crippen LogP contribution is -2.31. The summed E-state index contributed by atoms with van der Waals surface area (Å²) >= 11 is 3.25. The maximum atomic E-state index is 11.8. The summed E-state index contributed by atoms with van der Waals surface area (Å²) in [5.41, 5.74) is 1.83. The van der Waals surface area contributed by atoms with Crippen LogP contribution in [0.4, 0.5) is 0 Å². The molecule has 0 unspecified atom stereocenters. The van der Waals surface area contributed by atoms with Gasteiger partial charge in [0.1, 0.15) is 5.76 Å². The second-order valence-corrected chi connectivity index (χ2v) is 5.29. The number of furan rings is 1. The Hall–Kier alpha value is -1.59. The van der Waals surface area contributed by atoms with E-state index in [0.29, 0.717) is 25.2 Å². The number of aryl methyl sites for hydroxylation is 1. The van der Waals surface area contributed by atoms with Gasteiger partial charge in [0.2, 0.25) is 0 Å². The maximum Gasteiger partial charge on any atom is 0.251 e. The molecule has 1 aromatic heterocycles. The normalized spacial score (nSPS) is 10.5. The molecule has 0 aliphatic carbocycles. The highest BCUT2D eigenvalue weighted by atomic mass is 79.9. The van der Waals surface area contributed by atoms with Crippen LogP contribution in [0, 0.1) is 6.92 Å². The molecule has 0 aliphatic rings. The van der Waals surface area contributed by atoms with Gasteiger partial charge in [-0.1, -0.05) is 17.7 Å². The summed E-state index contributed by atoms with van der Waals surface area (Å²) in [6, 6.07) is 11.3. The molecule has 2 aromatic rings. The van der Waals surface area contributed by atoms with Crippen LogP contribution < -0.4 is 10.6 Å². The molecule has 5 heteroatoms. The van der Waals surface area contributed by atoms with Crippen molar-refractivity contribution >= 4 is 21.8 Å². The van der Waals surface area contributed by atoms with Crippen LogP contribution in [-0.4, -0.2) is 19.0 Å². The van der Waals surface area contributed by atoms with Gasteiger partial charge in [-0.25, -0.2) is 0 Å². The van der Waals surface area contributed by atoms with E-state index in [-0.39, 0.29) is 5.91 Å². The van der Waals surface area contributed by atoms with Crippen LogP contribution in [0.3, 0.4) is 0 Å². The molecule has 106 valence electrons. The predicted molar refractivity (Wildman–Crippen MR) is 81.6 cm³/mol. The lowest BCUT2D eigenvalue weighted by molar-refractivity contribution is 0.0954. The van der Waals surface area contributed by atoms with Crippen molar-refractivity contribution in [2.45, 2.75) is 13.5 Å². The van der Waals surface area contributed by atoms with Gasteiger partial charge in [0.15, 0.2) is 4.67 Å². The molecular formula is C15H17BrN2O2. The first kappa shape index (κ1) is 14.8. The zero-order valence-corrected chi connectivity index (χ0v) is 12.9. The molecule has 1 amide bonds. The molecule has 0 fully saturated rings. The van der Waals surface area contributed by atoms with Gasteiger partial charge in [-0.3, -0.25) is 4.79 Å². The number of halogens is 1. The lowest BCUT2D eigenvalue weighted by atomic mass is 10.1. The standard InChI is InChI=1S/C15H17BrN2O2/c1-11-2-4-12(5-3-11)15(19)18-9-8-17-10-13-6-7-14(16)20-13/h2-7,17H,8-10H2,1H3,(H,18,19). The molecule has 0 radical (unpaired) electrons. The van der Waals surface area contributed by atoms with E-state index in [4.69, 9.17) is 4.42 Å². The van der Waals surface area contributed by atoms with Gasteiger partial charge in [0.25, 0.3) is 5.91 Å². The fourth-order valence-corrected chi connectivity index (χ4v) is 2.07. The predicted octanol–water partition coefficient (Wildman–Crippen LogP) is 2.87. The van der Waals surface area contributed by atoms with E-state index in [1.807, 2.05) is 43.3 Å². The van der Waals surface area contributed by atoms with Crippen molar-refractivity contribution in [1.82, 2.24) is 10.6 Å². The molecule has 4 nitrogen and oxygen atoms in total. The molecule has 0 aliphatic heterocycles. The average Bonchev–Trinajstić information content (AvgIpc) is 2.84. The van der Waals surface area contributed by atoms with Gasteiger partial charge >= 0.3 is 0 Å². The SMILES string of the molecule is Cc1ccc(C(=O)NCCNCc2ccc(Br)o2)cc1. The molecule has 0 bridgehead atoms. The molecule has 0 saturated carbocycles. The molecule has 20 heavy (non-hydrogen) atoms. The topological polar surface area (TPSA) is 54.3 Å². The van der Waals surface area contributed by atoms with Crippen molar-refractivity contribution in [2.75, 3.05) is 13.1 Å². The van der Waals surface area contributed by atoms with E-state index < -0.39 is 0 Å². The monoisotopic (exact) mass is 336 g/mol. The van der Waals surface area contributed by atoms with Crippen molar-refractivity contribution in [3.63, 3.8) is 0 Å². The van der Waals surface area contributed by atoms with E-state index >= 15 is 0 Å². The molecule has 1 aromatic carbocycles. The van der Waals surface area contributed by atoms with Crippen LogP contribution in [0.5, 0.6) is 0 Å². The molecule has 1 heterocycles. The minimum absolute atomic E-state index is 0.0486. The van der Waals surface area contributed by atoms with E-state index in [1.54, 1.807) is 0 Å². The van der Waals surface area contributed by atoms with Gasteiger partial charge in [-0.2, -0.15) is 0 Å². The second-order valence-electron chi connectivity index (χ2n) is 4.50. The minimum atomic E-state index is -0.0486. The Labute approximate surface area is 126 Å². The van der Waals surface area contributed by atoms with E-state index in [2.05, 4.69) is 26.6 Å². The highest BCUT2D eigenvalue weighted by Gasteiger charge is 2.03. The number of hydrogen-bond acceptors (Lipinski definition) is 3. The lowest BCUT2D eigenvalue weighted by Gasteiger charge is -2.06. The van der Waals surface area contributed by atoms with Crippen molar-refractivity contribution in [3.05, 3.63) is 58.0 Å². The minimum Gasteiger partial charge on any atom is -0.453 e. The summed E-state index contributed by atoms with van der Waals surface area (Å²) in [6.45, 7) is 3.91. The molecule has 0 atom stereocenters. The third-order valence-electron chi connectivity index (χ3n) is 2.83. The van der Waals surface area contributed by atoms with Crippen molar-refractivity contribution < 1.29 is 9.21 Å². The summed E-state index contributed by atoms with van der Waals surface area (Å²) in [5.74, 6) is 0.814. The quantitative estimate of drug-likeness (QED) is 0.797. The van der Waals surface area contributed by atoms with Crippen LogP contribution in [0.25, 0.3) is 0 Å². The third kappa shape index (κ3) is 4.51.